The maximum Gasteiger partial charge on any atom is 0.265 e. The van der Waals surface area contributed by atoms with Crippen molar-refractivity contribution >= 4 is 47.3 Å². The molecule has 3 nitrogen and oxygen atoms in total. The number of hydrogen-bond acceptors (Lipinski definition) is 3. The molecule has 0 N–H and O–H groups in total. The molecule has 94 valence electrons. The van der Waals surface area contributed by atoms with Crippen LogP contribution in [0.15, 0.2) is 33.7 Å². The molecule has 17 heavy (non-hydrogen) atoms. The van der Waals surface area contributed by atoms with Gasteiger partial charge >= 0.3 is 0 Å². The van der Waals surface area contributed by atoms with Crippen LogP contribution in [-0.4, -0.2) is 15.0 Å². The summed E-state index contributed by atoms with van der Waals surface area (Å²) in [5.74, 6) is 0.0583. The number of allylic oxidation sites excluding steroid dienone is 1. The molecule has 1 aromatic rings. The third-order valence-electron chi connectivity index (χ3n) is 1.80. The Morgan fingerprint density at radius 3 is 2.65 bits per heavy atom. The van der Waals surface area contributed by atoms with Gasteiger partial charge in [-0.3, -0.25) is 0 Å². The minimum absolute atomic E-state index is 0.0583. The molecule has 0 fully saturated rings. The fourth-order valence-corrected chi connectivity index (χ4v) is 3.16. The maximum atomic E-state index is 11.4. The van der Waals surface area contributed by atoms with Gasteiger partial charge in [0.1, 0.15) is 11.5 Å². The Bertz CT molecular complexity index is 541. The molecule has 0 aromatic heterocycles. The minimum Gasteiger partial charge on any atom is -0.487 e. The Labute approximate surface area is 118 Å². The van der Waals surface area contributed by atoms with Crippen LogP contribution in [0.4, 0.5) is 0 Å². The van der Waals surface area contributed by atoms with Gasteiger partial charge in [-0.15, -0.1) is 0 Å². The molecule has 0 amide bonds. The summed E-state index contributed by atoms with van der Waals surface area (Å²) in [6.07, 6.45) is 3.50. The topological polar surface area (TPSA) is 43.4 Å². The highest BCUT2D eigenvalue weighted by molar-refractivity contribution is 9.10. The third-order valence-corrected chi connectivity index (χ3v) is 3.86. The summed E-state index contributed by atoms with van der Waals surface area (Å²) in [5, 5.41) is 0.183. The molecule has 1 aromatic carbocycles. The van der Waals surface area contributed by atoms with Crippen molar-refractivity contribution in [3.8, 4) is 5.75 Å². The first-order chi connectivity index (χ1) is 7.86. The summed E-state index contributed by atoms with van der Waals surface area (Å²) < 4.78 is 28.6. The highest BCUT2D eigenvalue weighted by Crippen LogP contribution is 2.37. The van der Waals surface area contributed by atoms with E-state index in [1.165, 1.54) is 12.1 Å². The first kappa shape index (κ1) is 14.8. The fraction of sp³-hybridized carbons (Fsp3) is 0.200. The minimum atomic E-state index is -3.91. The zero-order chi connectivity index (χ0) is 13.1. The molecular formula is C10H9BrCl2O3S. The number of hydrogen-bond donors (Lipinski definition) is 0. The normalized spacial score (nSPS) is 12.0. The maximum absolute atomic E-state index is 11.4. The van der Waals surface area contributed by atoms with Crippen molar-refractivity contribution in [2.75, 3.05) is 6.61 Å². The molecule has 0 bridgehead atoms. The van der Waals surface area contributed by atoms with Crippen molar-refractivity contribution in [1.82, 2.24) is 0 Å². The van der Waals surface area contributed by atoms with Crippen molar-refractivity contribution in [2.45, 2.75) is 11.8 Å². The first-order valence-corrected chi connectivity index (χ1v) is 8.02. The second-order valence-corrected chi connectivity index (χ2v) is 6.89. The Morgan fingerprint density at radius 2 is 2.12 bits per heavy atom. The summed E-state index contributed by atoms with van der Waals surface area (Å²) in [5.41, 5.74) is 0. The highest BCUT2D eigenvalue weighted by Gasteiger charge is 2.20. The van der Waals surface area contributed by atoms with Gasteiger partial charge in [-0.2, -0.15) is 0 Å². The summed E-state index contributed by atoms with van der Waals surface area (Å²) in [6, 6.07) is 2.89. The fourth-order valence-electron chi connectivity index (χ4n) is 1.09. The standard InChI is InChI=1S/C10H9BrCl2O3S/c1-2-3-4-16-10-8(12)5-7(11)6-9(10)17(13,14)15/h2-3,5-6H,4H2,1H3/b3-2+. The van der Waals surface area contributed by atoms with Crippen molar-refractivity contribution < 1.29 is 13.2 Å². The largest absolute Gasteiger partial charge is 0.487 e. The average molecular weight is 360 g/mol. The third kappa shape index (κ3) is 4.17. The van der Waals surface area contributed by atoms with Gasteiger partial charge in [0.2, 0.25) is 0 Å². The summed E-state index contributed by atoms with van der Waals surface area (Å²) in [4.78, 5) is -0.150. The lowest BCUT2D eigenvalue weighted by Gasteiger charge is -2.10. The van der Waals surface area contributed by atoms with E-state index < -0.39 is 9.05 Å². The molecular weight excluding hydrogens is 351 g/mol. The second-order valence-electron chi connectivity index (χ2n) is 3.03. The van der Waals surface area contributed by atoms with Gasteiger partial charge in [0.15, 0.2) is 5.75 Å². The van der Waals surface area contributed by atoms with Crippen LogP contribution in [-0.2, 0) is 9.05 Å². The molecule has 0 saturated heterocycles. The quantitative estimate of drug-likeness (QED) is 0.603. The zero-order valence-corrected chi connectivity index (χ0v) is 12.7. The van der Waals surface area contributed by atoms with E-state index in [-0.39, 0.29) is 22.3 Å². The van der Waals surface area contributed by atoms with Crippen LogP contribution in [0.3, 0.4) is 0 Å². The van der Waals surface area contributed by atoms with Gasteiger partial charge in [0, 0.05) is 15.2 Å². The lowest BCUT2D eigenvalue weighted by atomic mass is 10.3. The van der Waals surface area contributed by atoms with Gasteiger partial charge in [-0.25, -0.2) is 8.42 Å². The number of rotatable bonds is 4. The molecule has 0 aliphatic heterocycles. The Morgan fingerprint density at radius 1 is 1.47 bits per heavy atom. The van der Waals surface area contributed by atoms with E-state index in [9.17, 15) is 8.42 Å². The van der Waals surface area contributed by atoms with E-state index >= 15 is 0 Å². The Kier molecular flexibility index (Phi) is 5.31. The van der Waals surface area contributed by atoms with Crippen LogP contribution in [0.5, 0.6) is 5.75 Å². The predicted molar refractivity (Wildman–Crippen MR) is 72.5 cm³/mol. The van der Waals surface area contributed by atoms with Gasteiger partial charge in [0.05, 0.1) is 5.02 Å². The molecule has 7 heteroatoms. The second kappa shape index (κ2) is 6.09. The van der Waals surface area contributed by atoms with E-state index in [0.717, 1.165) is 0 Å². The molecule has 0 radical (unpaired) electrons. The van der Waals surface area contributed by atoms with Gasteiger partial charge < -0.3 is 4.74 Å². The lowest BCUT2D eigenvalue weighted by molar-refractivity contribution is 0.353. The predicted octanol–water partition coefficient (Wildman–Crippen LogP) is 3.98. The van der Waals surface area contributed by atoms with E-state index in [2.05, 4.69) is 15.9 Å². The van der Waals surface area contributed by atoms with E-state index in [1.807, 2.05) is 6.92 Å². The smallest absolute Gasteiger partial charge is 0.265 e. The van der Waals surface area contributed by atoms with Crippen molar-refractivity contribution in [3.63, 3.8) is 0 Å². The molecule has 1 rings (SSSR count). The van der Waals surface area contributed by atoms with Crippen molar-refractivity contribution in [3.05, 3.63) is 33.8 Å². The van der Waals surface area contributed by atoms with Crippen LogP contribution >= 0.6 is 38.2 Å². The van der Waals surface area contributed by atoms with E-state index in [0.29, 0.717) is 4.47 Å². The van der Waals surface area contributed by atoms with Crippen molar-refractivity contribution in [1.29, 1.82) is 0 Å². The van der Waals surface area contributed by atoms with Crippen LogP contribution < -0.4 is 4.74 Å². The summed E-state index contributed by atoms with van der Waals surface area (Å²) in [6.45, 7) is 2.04. The number of halogens is 3. The molecule has 0 atom stereocenters. The average Bonchev–Trinajstić information content (AvgIpc) is 2.19. The molecule has 0 spiro atoms. The summed E-state index contributed by atoms with van der Waals surface area (Å²) in [7, 11) is 1.41. The highest BCUT2D eigenvalue weighted by atomic mass is 79.9. The number of benzene rings is 1. The van der Waals surface area contributed by atoms with E-state index in [4.69, 9.17) is 27.0 Å². The Hall–Kier alpha value is -0.230. The molecule has 0 aliphatic rings. The van der Waals surface area contributed by atoms with Crippen LogP contribution in [0.1, 0.15) is 6.92 Å². The van der Waals surface area contributed by atoms with Crippen molar-refractivity contribution in [2.24, 2.45) is 0 Å². The molecule has 0 aliphatic carbocycles. The monoisotopic (exact) mass is 358 g/mol. The van der Waals surface area contributed by atoms with Gasteiger partial charge in [-0.1, -0.05) is 39.7 Å². The zero-order valence-electron chi connectivity index (χ0n) is 8.78. The molecule has 0 unspecified atom stereocenters. The van der Waals surface area contributed by atoms with E-state index in [1.54, 1.807) is 12.2 Å². The summed E-state index contributed by atoms with van der Waals surface area (Å²) >= 11 is 9.06. The van der Waals surface area contributed by atoms with Crippen LogP contribution in [0.25, 0.3) is 0 Å². The lowest BCUT2D eigenvalue weighted by Crippen LogP contribution is -2.01. The molecule has 0 heterocycles. The van der Waals surface area contributed by atoms with Crippen LogP contribution in [0, 0.1) is 0 Å². The SMILES string of the molecule is C/C=C/COc1c(Cl)cc(Br)cc1S(=O)(=O)Cl. The first-order valence-electron chi connectivity index (χ1n) is 4.54. The van der Waals surface area contributed by atoms with Crippen LogP contribution in [0.2, 0.25) is 5.02 Å². The molecule has 0 saturated carbocycles. The van der Waals surface area contributed by atoms with Gasteiger partial charge in [0.25, 0.3) is 9.05 Å². The van der Waals surface area contributed by atoms with Gasteiger partial charge in [-0.05, 0) is 19.1 Å². The Balaban J connectivity index is 3.26. The number of ether oxygens (including phenoxy) is 1.